The molecule has 0 unspecified atom stereocenters. The number of likely N-dealkylation sites (tertiary alicyclic amines) is 1. The molecule has 0 radical (unpaired) electrons. The number of aliphatic carboxylic acids is 2. The van der Waals surface area contributed by atoms with Crippen molar-refractivity contribution in [1.29, 1.82) is 0 Å². The molecule has 0 aromatic heterocycles. The first-order chi connectivity index (χ1) is 10.9. The monoisotopic (exact) mass is 321 g/mol. The minimum absolute atomic E-state index is 0.529. The molecule has 1 aromatic carbocycles. The third-order valence-corrected chi connectivity index (χ3v) is 3.40. The SMILES string of the molecule is O=C(O)/C=C/C(=O)O.O=C(O)N1CCC(c2ccccc2)CC1. The lowest BCUT2D eigenvalue weighted by molar-refractivity contribution is -0.134. The van der Waals surface area contributed by atoms with Gasteiger partial charge in [0, 0.05) is 25.2 Å². The first-order valence-electron chi connectivity index (χ1n) is 7.07. The molecule has 7 heteroatoms. The summed E-state index contributed by atoms with van der Waals surface area (Å²) in [6.45, 7) is 1.32. The van der Waals surface area contributed by atoms with Crippen LogP contribution in [-0.2, 0) is 9.59 Å². The minimum atomic E-state index is -1.26. The van der Waals surface area contributed by atoms with E-state index in [1.807, 2.05) is 18.2 Å². The van der Waals surface area contributed by atoms with Crippen molar-refractivity contribution in [3.05, 3.63) is 48.0 Å². The highest BCUT2D eigenvalue weighted by atomic mass is 16.4. The molecule has 1 fully saturated rings. The van der Waals surface area contributed by atoms with Crippen LogP contribution in [0.1, 0.15) is 24.3 Å². The average Bonchev–Trinajstić information content (AvgIpc) is 2.54. The molecule has 124 valence electrons. The van der Waals surface area contributed by atoms with E-state index in [4.69, 9.17) is 15.3 Å². The Morgan fingerprint density at radius 2 is 1.39 bits per heavy atom. The second-order valence-electron chi connectivity index (χ2n) is 4.96. The fourth-order valence-corrected chi connectivity index (χ4v) is 2.27. The van der Waals surface area contributed by atoms with Crippen LogP contribution in [0.3, 0.4) is 0 Å². The Labute approximate surface area is 133 Å². The van der Waals surface area contributed by atoms with Gasteiger partial charge < -0.3 is 20.2 Å². The quantitative estimate of drug-likeness (QED) is 0.736. The minimum Gasteiger partial charge on any atom is -0.478 e. The van der Waals surface area contributed by atoms with Gasteiger partial charge in [0.1, 0.15) is 0 Å². The summed E-state index contributed by atoms with van der Waals surface area (Å²) in [5.74, 6) is -1.98. The predicted molar refractivity (Wildman–Crippen MR) is 82.4 cm³/mol. The van der Waals surface area contributed by atoms with Crippen LogP contribution in [0.15, 0.2) is 42.5 Å². The van der Waals surface area contributed by atoms with Gasteiger partial charge in [0.05, 0.1) is 0 Å². The number of piperidine rings is 1. The van der Waals surface area contributed by atoms with Crippen molar-refractivity contribution in [2.45, 2.75) is 18.8 Å². The highest BCUT2D eigenvalue weighted by molar-refractivity contribution is 5.89. The summed E-state index contributed by atoms with van der Waals surface area (Å²) in [5, 5.41) is 24.4. The van der Waals surface area contributed by atoms with E-state index in [1.54, 1.807) is 0 Å². The third-order valence-electron chi connectivity index (χ3n) is 3.40. The maximum absolute atomic E-state index is 10.7. The summed E-state index contributed by atoms with van der Waals surface area (Å²) in [5.41, 5.74) is 1.34. The molecule has 1 heterocycles. The third kappa shape index (κ3) is 7.12. The molecule has 0 bridgehead atoms. The molecule has 0 spiro atoms. The zero-order valence-electron chi connectivity index (χ0n) is 12.5. The van der Waals surface area contributed by atoms with Gasteiger partial charge in [0.25, 0.3) is 0 Å². The summed E-state index contributed by atoms with van der Waals surface area (Å²) in [6.07, 6.45) is 2.21. The van der Waals surface area contributed by atoms with Gasteiger partial charge in [-0.3, -0.25) is 0 Å². The molecular formula is C16H19NO6. The van der Waals surface area contributed by atoms with Crippen molar-refractivity contribution in [2.24, 2.45) is 0 Å². The number of nitrogens with zero attached hydrogens (tertiary/aromatic N) is 1. The summed E-state index contributed by atoms with van der Waals surface area (Å²) in [6, 6.07) is 10.3. The molecule has 1 aliphatic heterocycles. The maximum Gasteiger partial charge on any atom is 0.407 e. The van der Waals surface area contributed by atoms with Crippen molar-refractivity contribution < 1.29 is 29.7 Å². The van der Waals surface area contributed by atoms with Crippen molar-refractivity contribution in [2.75, 3.05) is 13.1 Å². The Bertz CT molecular complexity index is 545. The van der Waals surface area contributed by atoms with Crippen LogP contribution in [0.5, 0.6) is 0 Å². The van der Waals surface area contributed by atoms with Gasteiger partial charge in [-0.1, -0.05) is 30.3 Å². The van der Waals surface area contributed by atoms with E-state index in [-0.39, 0.29) is 0 Å². The topological polar surface area (TPSA) is 115 Å². The highest BCUT2D eigenvalue weighted by Crippen LogP contribution is 2.27. The number of hydrogen-bond donors (Lipinski definition) is 3. The normalized spacial score (nSPS) is 14.9. The molecule has 23 heavy (non-hydrogen) atoms. The van der Waals surface area contributed by atoms with Crippen molar-refractivity contribution >= 4 is 18.0 Å². The van der Waals surface area contributed by atoms with Crippen LogP contribution in [0, 0.1) is 0 Å². The van der Waals surface area contributed by atoms with E-state index in [0.717, 1.165) is 12.8 Å². The predicted octanol–water partition coefficient (Wildman–Crippen LogP) is 2.26. The first-order valence-corrected chi connectivity index (χ1v) is 7.07. The number of rotatable bonds is 3. The lowest BCUT2D eigenvalue weighted by atomic mass is 9.90. The Morgan fingerprint density at radius 1 is 0.913 bits per heavy atom. The van der Waals surface area contributed by atoms with E-state index in [2.05, 4.69) is 12.1 Å². The van der Waals surface area contributed by atoms with Gasteiger partial charge in [-0.25, -0.2) is 14.4 Å². The smallest absolute Gasteiger partial charge is 0.407 e. The van der Waals surface area contributed by atoms with Gasteiger partial charge >= 0.3 is 18.0 Å². The number of carboxylic acid groups (broad SMARTS) is 3. The van der Waals surface area contributed by atoms with Crippen LogP contribution in [0.25, 0.3) is 0 Å². The molecule has 1 saturated heterocycles. The maximum atomic E-state index is 10.7. The summed E-state index contributed by atoms with van der Waals surface area (Å²) in [4.78, 5) is 31.3. The van der Waals surface area contributed by atoms with E-state index in [0.29, 0.717) is 31.2 Å². The molecule has 1 aliphatic rings. The molecule has 0 atom stereocenters. The Hall–Kier alpha value is -2.83. The molecule has 1 amide bonds. The fraction of sp³-hybridized carbons (Fsp3) is 0.312. The largest absolute Gasteiger partial charge is 0.478 e. The van der Waals surface area contributed by atoms with Crippen molar-refractivity contribution in [3.8, 4) is 0 Å². The summed E-state index contributed by atoms with van der Waals surface area (Å²) >= 11 is 0. The molecular weight excluding hydrogens is 302 g/mol. The second kappa shape index (κ2) is 9.24. The van der Waals surface area contributed by atoms with E-state index < -0.39 is 18.0 Å². The number of carbonyl (C=O) groups is 3. The molecule has 1 aromatic rings. The van der Waals surface area contributed by atoms with E-state index >= 15 is 0 Å². The average molecular weight is 321 g/mol. The standard InChI is InChI=1S/C12H15NO2.C4H4O4/c14-12(15)13-8-6-11(7-9-13)10-4-2-1-3-5-10;5-3(6)1-2-4(7)8/h1-5,11H,6-9H2,(H,14,15);1-2H,(H,5,6)(H,7,8)/b;2-1+. The van der Waals surface area contributed by atoms with Crippen molar-refractivity contribution in [1.82, 2.24) is 4.90 Å². The zero-order chi connectivity index (χ0) is 17.2. The first kappa shape index (κ1) is 18.2. The van der Waals surface area contributed by atoms with Crippen molar-refractivity contribution in [3.63, 3.8) is 0 Å². The second-order valence-corrected chi connectivity index (χ2v) is 4.96. The summed E-state index contributed by atoms with van der Waals surface area (Å²) < 4.78 is 0. The Morgan fingerprint density at radius 3 is 1.78 bits per heavy atom. The highest BCUT2D eigenvalue weighted by Gasteiger charge is 2.22. The van der Waals surface area contributed by atoms with Gasteiger partial charge in [-0.15, -0.1) is 0 Å². The number of amides is 1. The molecule has 2 rings (SSSR count). The zero-order valence-corrected chi connectivity index (χ0v) is 12.5. The van der Waals surface area contributed by atoms with E-state index in [1.165, 1.54) is 10.5 Å². The molecule has 0 saturated carbocycles. The van der Waals surface area contributed by atoms with E-state index in [9.17, 15) is 14.4 Å². The summed E-state index contributed by atoms with van der Waals surface area (Å²) in [7, 11) is 0. The fourth-order valence-electron chi connectivity index (χ4n) is 2.27. The Kier molecular flexibility index (Phi) is 7.32. The van der Waals surface area contributed by atoms with Crippen LogP contribution in [0.4, 0.5) is 4.79 Å². The number of hydrogen-bond acceptors (Lipinski definition) is 3. The molecule has 7 nitrogen and oxygen atoms in total. The molecule has 3 N–H and O–H groups in total. The van der Waals surface area contributed by atoms with Crippen LogP contribution in [-0.4, -0.2) is 51.3 Å². The van der Waals surface area contributed by atoms with Crippen LogP contribution in [0.2, 0.25) is 0 Å². The lowest BCUT2D eigenvalue weighted by Crippen LogP contribution is -2.36. The van der Waals surface area contributed by atoms with Gasteiger partial charge in [-0.05, 0) is 24.3 Å². The van der Waals surface area contributed by atoms with Crippen LogP contribution < -0.4 is 0 Å². The number of carboxylic acids is 2. The van der Waals surface area contributed by atoms with Crippen LogP contribution >= 0.6 is 0 Å². The van der Waals surface area contributed by atoms with Gasteiger partial charge in [0.15, 0.2) is 0 Å². The van der Waals surface area contributed by atoms with Gasteiger partial charge in [-0.2, -0.15) is 0 Å². The molecule has 0 aliphatic carbocycles. The van der Waals surface area contributed by atoms with Gasteiger partial charge in [0.2, 0.25) is 0 Å². The lowest BCUT2D eigenvalue weighted by Gasteiger charge is -2.30. The number of benzene rings is 1. The Balaban J connectivity index is 0.000000284.